The van der Waals surface area contributed by atoms with Crippen molar-refractivity contribution < 1.29 is 19.1 Å². The van der Waals surface area contributed by atoms with Gasteiger partial charge in [-0.15, -0.1) is 0 Å². The molecule has 4 rings (SSSR count). The molecule has 2 aromatic rings. The van der Waals surface area contributed by atoms with Crippen LogP contribution in [0.15, 0.2) is 42.5 Å². The van der Waals surface area contributed by atoms with Crippen LogP contribution < -0.4 is 19.7 Å². The van der Waals surface area contributed by atoms with Gasteiger partial charge in [-0.25, -0.2) is 0 Å². The van der Waals surface area contributed by atoms with E-state index in [1.807, 2.05) is 49.4 Å². The summed E-state index contributed by atoms with van der Waals surface area (Å²) in [6.07, 6.45) is 4.76. The highest BCUT2D eigenvalue weighted by Crippen LogP contribution is 2.36. The molecular formula is C25H30N2O4. The quantitative estimate of drug-likeness (QED) is 0.732. The van der Waals surface area contributed by atoms with Crippen molar-refractivity contribution in [1.82, 2.24) is 0 Å². The van der Waals surface area contributed by atoms with Gasteiger partial charge in [-0.3, -0.25) is 9.59 Å². The fraction of sp³-hybridized carbons (Fsp3) is 0.440. The van der Waals surface area contributed by atoms with Crippen LogP contribution in [0.25, 0.3) is 0 Å². The third-order valence-electron chi connectivity index (χ3n) is 6.02. The molecule has 164 valence electrons. The number of nitrogens with one attached hydrogen (secondary N) is 1. The number of amides is 2. The van der Waals surface area contributed by atoms with Crippen molar-refractivity contribution in [2.75, 3.05) is 23.4 Å². The summed E-state index contributed by atoms with van der Waals surface area (Å²) in [5, 5.41) is 3.02. The van der Waals surface area contributed by atoms with Gasteiger partial charge in [0.05, 0.1) is 12.2 Å². The van der Waals surface area contributed by atoms with Gasteiger partial charge >= 0.3 is 0 Å². The smallest absolute Gasteiger partial charge is 0.267 e. The van der Waals surface area contributed by atoms with Crippen LogP contribution in [0.3, 0.4) is 0 Å². The molecule has 1 heterocycles. The van der Waals surface area contributed by atoms with Crippen molar-refractivity contribution in [2.24, 2.45) is 5.92 Å². The molecule has 1 fully saturated rings. The van der Waals surface area contributed by atoms with Gasteiger partial charge in [0.25, 0.3) is 5.91 Å². The first kappa shape index (κ1) is 21.2. The van der Waals surface area contributed by atoms with Gasteiger partial charge in [-0.1, -0.05) is 37.0 Å². The normalized spacial score (nSPS) is 18.8. The largest absolute Gasteiger partial charge is 0.492 e. The predicted molar refractivity (Wildman–Crippen MR) is 121 cm³/mol. The van der Waals surface area contributed by atoms with Crippen LogP contribution in [0.5, 0.6) is 11.5 Å². The molecule has 1 unspecified atom stereocenters. The van der Waals surface area contributed by atoms with E-state index in [1.54, 1.807) is 11.8 Å². The van der Waals surface area contributed by atoms with E-state index >= 15 is 0 Å². The molecule has 0 saturated heterocycles. The first-order chi connectivity index (χ1) is 15.0. The fourth-order valence-corrected chi connectivity index (χ4v) is 4.22. The molecule has 0 spiro atoms. The number of ether oxygens (including phenoxy) is 2. The Balaban J connectivity index is 1.43. The lowest BCUT2D eigenvalue weighted by molar-refractivity contribution is -0.125. The lowest BCUT2D eigenvalue weighted by atomic mass is 9.88. The lowest BCUT2D eigenvalue weighted by Gasteiger charge is -2.33. The van der Waals surface area contributed by atoms with Crippen LogP contribution in [0.1, 0.15) is 44.6 Å². The molecule has 1 aliphatic carbocycles. The van der Waals surface area contributed by atoms with Gasteiger partial charge in [0, 0.05) is 17.7 Å². The van der Waals surface area contributed by atoms with Gasteiger partial charge in [-0.05, 0) is 51.0 Å². The molecule has 1 aliphatic heterocycles. The number of anilines is 2. The summed E-state index contributed by atoms with van der Waals surface area (Å²) in [6, 6.07) is 13.3. The monoisotopic (exact) mass is 422 g/mol. The maximum Gasteiger partial charge on any atom is 0.267 e. The van der Waals surface area contributed by atoms with E-state index in [2.05, 4.69) is 5.32 Å². The highest BCUT2D eigenvalue weighted by Gasteiger charge is 2.32. The van der Waals surface area contributed by atoms with Crippen LogP contribution in [0, 0.1) is 12.8 Å². The Labute approximate surface area is 183 Å². The van der Waals surface area contributed by atoms with Crippen molar-refractivity contribution >= 4 is 23.2 Å². The van der Waals surface area contributed by atoms with Crippen molar-refractivity contribution in [3.8, 4) is 11.5 Å². The molecule has 2 aliphatic rings. The van der Waals surface area contributed by atoms with Crippen molar-refractivity contribution in [1.29, 1.82) is 0 Å². The summed E-state index contributed by atoms with van der Waals surface area (Å²) in [4.78, 5) is 27.0. The van der Waals surface area contributed by atoms with Gasteiger partial charge in [0.2, 0.25) is 5.91 Å². The maximum atomic E-state index is 12.7. The lowest BCUT2D eigenvalue weighted by Crippen LogP contribution is -2.46. The van der Waals surface area contributed by atoms with E-state index in [-0.39, 0.29) is 17.7 Å². The Morgan fingerprint density at radius 1 is 1.13 bits per heavy atom. The summed E-state index contributed by atoms with van der Waals surface area (Å²) in [7, 11) is 0. The first-order valence-corrected chi connectivity index (χ1v) is 11.1. The summed E-state index contributed by atoms with van der Waals surface area (Å²) in [5.74, 6) is 1.44. The topological polar surface area (TPSA) is 67.9 Å². The molecule has 1 atom stereocenters. The second-order valence-corrected chi connectivity index (χ2v) is 8.42. The number of hydrogen-bond donors (Lipinski definition) is 1. The van der Waals surface area contributed by atoms with Gasteiger partial charge in [0.15, 0.2) is 6.10 Å². The summed E-state index contributed by atoms with van der Waals surface area (Å²) in [6.45, 7) is 4.56. The first-order valence-electron chi connectivity index (χ1n) is 11.1. The third kappa shape index (κ3) is 5.01. The Hall–Kier alpha value is -3.02. The fourth-order valence-electron chi connectivity index (χ4n) is 4.22. The van der Waals surface area contributed by atoms with Crippen LogP contribution >= 0.6 is 0 Å². The molecule has 6 nitrogen and oxygen atoms in total. The third-order valence-corrected chi connectivity index (χ3v) is 6.02. The number of fused-ring (bicyclic) bond motifs is 1. The zero-order valence-electron chi connectivity index (χ0n) is 18.2. The molecule has 0 radical (unpaired) electrons. The number of nitrogens with zero attached hydrogens (tertiary/aromatic N) is 1. The molecule has 1 saturated carbocycles. The Kier molecular flexibility index (Phi) is 6.44. The van der Waals surface area contributed by atoms with Crippen LogP contribution in [-0.2, 0) is 9.59 Å². The summed E-state index contributed by atoms with van der Waals surface area (Å²) >= 11 is 0. The Morgan fingerprint density at radius 3 is 2.61 bits per heavy atom. The maximum absolute atomic E-state index is 12.7. The summed E-state index contributed by atoms with van der Waals surface area (Å²) in [5.41, 5.74) is 2.57. The molecule has 31 heavy (non-hydrogen) atoms. The molecule has 1 N–H and O–H groups in total. The Morgan fingerprint density at radius 2 is 1.87 bits per heavy atom. The van der Waals surface area contributed by atoms with E-state index < -0.39 is 6.10 Å². The Bertz CT molecular complexity index is 935. The van der Waals surface area contributed by atoms with Gasteiger partial charge < -0.3 is 19.7 Å². The number of hydrogen-bond acceptors (Lipinski definition) is 4. The van der Waals surface area contributed by atoms with Crippen molar-refractivity contribution in [3.63, 3.8) is 0 Å². The minimum absolute atomic E-state index is 0.0722. The van der Waals surface area contributed by atoms with Gasteiger partial charge in [0.1, 0.15) is 18.1 Å². The SMILES string of the molecule is Cc1ccc(OCCN2C(=O)C(C)Oc3cc(NC(=O)C4CCCCC4)ccc32)cc1. The summed E-state index contributed by atoms with van der Waals surface area (Å²) < 4.78 is 11.7. The number of aryl methyl sites for hydroxylation is 1. The van der Waals surface area contributed by atoms with E-state index in [1.165, 1.54) is 12.0 Å². The highest BCUT2D eigenvalue weighted by atomic mass is 16.5. The number of carbonyl (C=O) groups excluding carboxylic acids is 2. The molecular weight excluding hydrogens is 392 g/mol. The van der Waals surface area contributed by atoms with Gasteiger partial charge in [-0.2, -0.15) is 0 Å². The number of benzene rings is 2. The van der Waals surface area contributed by atoms with Crippen LogP contribution in [0.4, 0.5) is 11.4 Å². The van der Waals surface area contributed by atoms with E-state index in [0.29, 0.717) is 30.3 Å². The minimum Gasteiger partial charge on any atom is -0.492 e. The highest BCUT2D eigenvalue weighted by molar-refractivity contribution is 6.00. The minimum atomic E-state index is -0.587. The average Bonchev–Trinajstić information content (AvgIpc) is 2.78. The second-order valence-electron chi connectivity index (χ2n) is 8.42. The standard InChI is InChI=1S/C25H30N2O4/c1-17-8-11-21(12-9-17)30-15-14-27-22-13-10-20(16-23(22)31-18(2)25(27)29)26-24(28)19-6-4-3-5-7-19/h8-13,16,18-19H,3-7,14-15H2,1-2H3,(H,26,28). The average molecular weight is 423 g/mol. The second kappa shape index (κ2) is 9.41. The van der Waals surface area contributed by atoms with Crippen molar-refractivity contribution in [3.05, 3.63) is 48.0 Å². The molecule has 0 bridgehead atoms. The molecule has 2 aromatic carbocycles. The number of carbonyl (C=O) groups is 2. The van der Waals surface area contributed by atoms with E-state index in [9.17, 15) is 9.59 Å². The van der Waals surface area contributed by atoms with E-state index in [4.69, 9.17) is 9.47 Å². The van der Waals surface area contributed by atoms with Crippen molar-refractivity contribution in [2.45, 2.75) is 52.1 Å². The zero-order valence-corrected chi connectivity index (χ0v) is 18.2. The van der Waals surface area contributed by atoms with Crippen LogP contribution in [0.2, 0.25) is 0 Å². The van der Waals surface area contributed by atoms with E-state index in [0.717, 1.165) is 31.4 Å². The zero-order chi connectivity index (χ0) is 21.8. The number of rotatable bonds is 6. The predicted octanol–water partition coefficient (Wildman–Crippen LogP) is 4.71. The molecule has 2 amide bonds. The molecule has 0 aromatic heterocycles. The molecule has 6 heteroatoms. The van der Waals surface area contributed by atoms with Crippen LogP contribution in [-0.4, -0.2) is 31.1 Å².